The van der Waals surface area contributed by atoms with E-state index in [-0.39, 0.29) is 25.7 Å². The van der Waals surface area contributed by atoms with Gasteiger partial charge in [0, 0.05) is 25.7 Å². The van der Waals surface area contributed by atoms with Gasteiger partial charge in [-0.3, -0.25) is 37.3 Å². The van der Waals surface area contributed by atoms with Crippen LogP contribution in [-0.2, 0) is 65.4 Å². The highest BCUT2D eigenvalue weighted by Crippen LogP contribution is 2.45. The number of hydrogen-bond acceptors (Lipinski definition) is 15. The SMILES string of the molecule is CCCCC/C=C\C/C=C\C/C=C\C/C=C\CCCC(=O)OC[C@H](COP(=O)(O)OC[C@H](O)COP(=O)(O)OC[C@@H](COC(=O)CCCCCCCCCCCCCCC)OC(=O)CCCCCCC/C=C\C=C/CCCCCC)OC(=O)CCCCCCC/C=C\CCCCCCCC. The number of carbonyl (C=O) groups excluding carboxylic acids is 4. The Morgan fingerprint density at radius 3 is 0.890 bits per heavy atom. The molecular formula is C81H144O17P2. The lowest BCUT2D eigenvalue weighted by Crippen LogP contribution is -2.30. The first-order valence-electron chi connectivity index (χ1n) is 39.8. The fraction of sp³-hybridized carbons (Fsp3) is 0.778. The molecule has 2 unspecified atom stereocenters. The van der Waals surface area contributed by atoms with Crippen LogP contribution in [0.4, 0.5) is 0 Å². The summed E-state index contributed by atoms with van der Waals surface area (Å²) in [4.78, 5) is 72.9. The Kier molecular flexibility index (Phi) is 70.8. The van der Waals surface area contributed by atoms with Gasteiger partial charge in [0.15, 0.2) is 12.2 Å². The minimum atomic E-state index is -4.99. The summed E-state index contributed by atoms with van der Waals surface area (Å²) in [5, 5.41) is 10.6. The van der Waals surface area contributed by atoms with Gasteiger partial charge >= 0.3 is 39.5 Å². The Labute approximate surface area is 608 Å². The van der Waals surface area contributed by atoms with Gasteiger partial charge in [0.1, 0.15) is 19.3 Å². The zero-order valence-corrected chi connectivity index (χ0v) is 65.2. The standard InChI is InChI=1S/C81H144O17P2/c1-5-9-13-17-21-25-29-33-36-37-40-42-46-50-54-58-62-66-79(84)92-72-77(98-81(86)68-64-60-56-52-48-44-39-35-31-27-23-19-15-11-7-3)74-96-100(89,90)94-70-75(82)69-93-99(87,88)95-73-76(71-91-78(83)65-61-57-53-49-45-41-32-28-24-20-16-12-8-4)97-80(85)67-63-59-55-51-47-43-38-34-30-26-22-18-14-10-6-2/h21,25-26,30,33-36,38-40,42,50,54,75-77,82H,5-20,22-24,27-29,31-32,37,41,43-49,51-53,55-74H2,1-4H3,(H,87,88)(H,89,90)/b25-21-,30-26-,36-33-,38-34-,39-35-,42-40-,54-50-/t75-,76-,77-/m1/s1. The highest BCUT2D eigenvalue weighted by atomic mass is 31.2. The third-order valence-corrected chi connectivity index (χ3v) is 18.8. The van der Waals surface area contributed by atoms with E-state index < -0.39 is 97.5 Å². The van der Waals surface area contributed by atoms with E-state index in [2.05, 4.69) is 101 Å². The monoisotopic (exact) mass is 1450 g/mol. The molecule has 0 rings (SSSR count). The number of esters is 4. The molecule has 17 nitrogen and oxygen atoms in total. The van der Waals surface area contributed by atoms with E-state index in [1.807, 2.05) is 12.2 Å². The number of carbonyl (C=O) groups is 4. The smallest absolute Gasteiger partial charge is 0.462 e. The Morgan fingerprint density at radius 2 is 0.530 bits per heavy atom. The van der Waals surface area contributed by atoms with Crippen molar-refractivity contribution in [2.75, 3.05) is 39.6 Å². The van der Waals surface area contributed by atoms with Gasteiger partial charge in [-0.1, -0.05) is 293 Å². The second-order valence-electron chi connectivity index (χ2n) is 26.7. The summed E-state index contributed by atoms with van der Waals surface area (Å²) in [7, 11) is -9.97. The van der Waals surface area contributed by atoms with E-state index in [0.29, 0.717) is 32.1 Å². The van der Waals surface area contributed by atoms with Crippen molar-refractivity contribution >= 4 is 39.5 Å². The van der Waals surface area contributed by atoms with E-state index >= 15 is 0 Å². The van der Waals surface area contributed by atoms with E-state index in [0.717, 1.165) is 122 Å². The molecule has 0 aromatic rings. The van der Waals surface area contributed by atoms with Crippen LogP contribution in [0.1, 0.15) is 349 Å². The van der Waals surface area contributed by atoms with E-state index in [9.17, 15) is 43.2 Å². The molecule has 580 valence electrons. The van der Waals surface area contributed by atoms with Crippen molar-refractivity contribution in [3.8, 4) is 0 Å². The molecule has 0 heterocycles. The Hall–Kier alpha value is -3.76. The summed E-state index contributed by atoms with van der Waals surface area (Å²) in [5.74, 6) is -2.24. The minimum absolute atomic E-state index is 0.0747. The van der Waals surface area contributed by atoms with Gasteiger partial charge in [0.05, 0.1) is 26.4 Å². The van der Waals surface area contributed by atoms with Crippen molar-refractivity contribution in [2.45, 2.75) is 367 Å². The van der Waals surface area contributed by atoms with Gasteiger partial charge in [-0.15, -0.1) is 0 Å². The number of aliphatic hydroxyl groups is 1. The molecule has 0 radical (unpaired) electrons. The first-order chi connectivity index (χ1) is 48.7. The lowest BCUT2D eigenvalue weighted by molar-refractivity contribution is -0.161. The molecule has 3 N–H and O–H groups in total. The lowest BCUT2D eigenvalue weighted by atomic mass is 10.0. The largest absolute Gasteiger partial charge is 0.472 e. The van der Waals surface area contributed by atoms with Crippen molar-refractivity contribution < 1.29 is 80.2 Å². The predicted octanol–water partition coefficient (Wildman–Crippen LogP) is 23.0. The molecule has 0 aromatic carbocycles. The normalized spacial score (nSPS) is 14.3. The number of phosphoric acid groups is 2. The molecule has 0 saturated carbocycles. The molecule has 0 bridgehead atoms. The number of ether oxygens (including phenoxy) is 4. The lowest BCUT2D eigenvalue weighted by Gasteiger charge is -2.21. The molecule has 0 aliphatic heterocycles. The van der Waals surface area contributed by atoms with Gasteiger partial charge in [-0.05, 0) is 116 Å². The second-order valence-corrected chi connectivity index (χ2v) is 29.6. The highest BCUT2D eigenvalue weighted by Gasteiger charge is 2.30. The first-order valence-corrected chi connectivity index (χ1v) is 42.8. The molecule has 0 fully saturated rings. The summed E-state index contributed by atoms with van der Waals surface area (Å²) in [6.45, 7) is 4.78. The van der Waals surface area contributed by atoms with Crippen LogP contribution >= 0.6 is 15.6 Å². The third kappa shape index (κ3) is 72.6. The maximum atomic E-state index is 13.1. The maximum Gasteiger partial charge on any atom is 0.472 e. The van der Waals surface area contributed by atoms with Crippen molar-refractivity contribution in [3.63, 3.8) is 0 Å². The summed E-state index contributed by atoms with van der Waals surface area (Å²) < 4.78 is 68.5. The molecule has 0 aliphatic rings. The molecule has 0 aromatic heterocycles. The first kappa shape index (κ1) is 96.2. The van der Waals surface area contributed by atoms with Crippen LogP contribution in [-0.4, -0.2) is 96.7 Å². The molecule has 0 aliphatic carbocycles. The molecule has 19 heteroatoms. The summed E-state index contributed by atoms with van der Waals surface area (Å²) in [6.07, 6.45) is 75.7. The van der Waals surface area contributed by atoms with Crippen molar-refractivity contribution in [1.82, 2.24) is 0 Å². The molecule has 5 atom stereocenters. The Balaban J connectivity index is 5.40. The molecule has 0 spiro atoms. The quantitative estimate of drug-likeness (QED) is 0.0128. The fourth-order valence-corrected chi connectivity index (χ4v) is 12.3. The second kappa shape index (κ2) is 73.5. The number of phosphoric ester groups is 2. The molecular weight excluding hydrogens is 1310 g/mol. The van der Waals surface area contributed by atoms with Crippen LogP contribution in [0.5, 0.6) is 0 Å². The number of hydrogen-bond donors (Lipinski definition) is 3. The predicted molar refractivity (Wildman–Crippen MR) is 409 cm³/mol. The number of aliphatic hydroxyl groups excluding tert-OH is 1. The van der Waals surface area contributed by atoms with Crippen LogP contribution in [0.15, 0.2) is 85.1 Å². The molecule has 0 saturated heterocycles. The molecule has 100 heavy (non-hydrogen) atoms. The van der Waals surface area contributed by atoms with Crippen LogP contribution in [0.3, 0.4) is 0 Å². The highest BCUT2D eigenvalue weighted by molar-refractivity contribution is 7.47. The fourth-order valence-electron chi connectivity index (χ4n) is 10.7. The van der Waals surface area contributed by atoms with Gasteiger partial charge < -0.3 is 33.8 Å². The zero-order chi connectivity index (χ0) is 73.2. The van der Waals surface area contributed by atoms with Crippen molar-refractivity contribution in [3.05, 3.63) is 85.1 Å². The third-order valence-electron chi connectivity index (χ3n) is 16.9. The Bertz CT molecular complexity index is 2230. The number of unbranched alkanes of at least 4 members (excludes halogenated alkanes) is 36. The van der Waals surface area contributed by atoms with Gasteiger partial charge in [0.2, 0.25) is 0 Å². The van der Waals surface area contributed by atoms with E-state index in [1.165, 1.54) is 141 Å². The van der Waals surface area contributed by atoms with Gasteiger partial charge in [-0.25, -0.2) is 9.13 Å². The van der Waals surface area contributed by atoms with Gasteiger partial charge in [-0.2, -0.15) is 0 Å². The summed E-state index contributed by atoms with van der Waals surface area (Å²) >= 11 is 0. The van der Waals surface area contributed by atoms with E-state index in [1.54, 1.807) is 0 Å². The minimum Gasteiger partial charge on any atom is -0.462 e. The van der Waals surface area contributed by atoms with Crippen LogP contribution in [0.25, 0.3) is 0 Å². The van der Waals surface area contributed by atoms with Crippen molar-refractivity contribution in [2.24, 2.45) is 0 Å². The van der Waals surface area contributed by atoms with Crippen molar-refractivity contribution in [1.29, 1.82) is 0 Å². The summed E-state index contributed by atoms with van der Waals surface area (Å²) in [5.41, 5.74) is 0. The maximum absolute atomic E-state index is 13.1. The summed E-state index contributed by atoms with van der Waals surface area (Å²) in [6, 6.07) is 0. The molecule has 0 amide bonds. The average Bonchev–Trinajstić information content (AvgIpc) is 0.945. The average molecular weight is 1450 g/mol. The number of allylic oxidation sites excluding steroid dienone is 14. The van der Waals surface area contributed by atoms with E-state index in [4.69, 9.17) is 37.0 Å². The Morgan fingerprint density at radius 1 is 0.290 bits per heavy atom. The zero-order valence-electron chi connectivity index (χ0n) is 63.4. The van der Waals surface area contributed by atoms with Crippen LogP contribution < -0.4 is 0 Å². The van der Waals surface area contributed by atoms with Crippen LogP contribution in [0, 0.1) is 0 Å². The van der Waals surface area contributed by atoms with Crippen LogP contribution in [0.2, 0.25) is 0 Å². The van der Waals surface area contributed by atoms with Gasteiger partial charge in [0.25, 0.3) is 0 Å². The topological polar surface area (TPSA) is 237 Å². The number of rotatable bonds is 75.